The molecule has 2 aliphatic rings. The minimum atomic E-state index is -0.280. The van der Waals surface area contributed by atoms with E-state index in [1.165, 1.54) is 10.5 Å². The summed E-state index contributed by atoms with van der Waals surface area (Å²) in [6.45, 7) is 4.94. The van der Waals surface area contributed by atoms with E-state index in [2.05, 4.69) is 38.1 Å². The molecule has 0 bridgehead atoms. The summed E-state index contributed by atoms with van der Waals surface area (Å²) in [7, 11) is 0. The van der Waals surface area contributed by atoms with E-state index in [-0.39, 0.29) is 16.9 Å². The maximum absolute atomic E-state index is 10.8. The fourth-order valence-corrected chi connectivity index (χ4v) is 5.33. The Hall–Kier alpha value is -0.510. The summed E-state index contributed by atoms with van der Waals surface area (Å²) in [4.78, 5) is 1.41. The summed E-state index contributed by atoms with van der Waals surface area (Å²) in [5.74, 6) is 1.68. The molecule has 0 spiro atoms. The lowest BCUT2D eigenvalue weighted by Gasteiger charge is -2.37. The van der Waals surface area contributed by atoms with Crippen molar-refractivity contribution in [2.24, 2.45) is 16.6 Å². The molecule has 1 aromatic rings. The molecular weight excluding hydrogens is 266 g/mol. The van der Waals surface area contributed by atoms with Gasteiger partial charge in [-0.1, -0.05) is 32.0 Å². The molecule has 1 saturated carbocycles. The van der Waals surface area contributed by atoms with Crippen molar-refractivity contribution in [3.63, 3.8) is 0 Å². The van der Waals surface area contributed by atoms with Crippen LogP contribution in [0.5, 0.6) is 0 Å². The number of hydrogen-bond acceptors (Lipinski definition) is 3. The van der Waals surface area contributed by atoms with Crippen LogP contribution in [0.1, 0.15) is 44.6 Å². The molecule has 3 unspecified atom stereocenters. The van der Waals surface area contributed by atoms with Crippen molar-refractivity contribution in [3.8, 4) is 0 Å². The average Bonchev–Trinajstić information content (AvgIpc) is 2.95. The van der Waals surface area contributed by atoms with Gasteiger partial charge in [-0.05, 0) is 42.2 Å². The van der Waals surface area contributed by atoms with Crippen LogP contribution in [0.2, 0.25) is 0 Å². The van der Waals surface area contributed by atoms with E-state index < -0.39 is 0 Å². The third-order valence-electron chi connectivity index (χ3n) is 5.45. The number of thioether (sulfide) groups is 1. The predicted molar refractivity (Wildman–Crippen MR) is 85.0 cm³/mol. The maximum atomic E-state index is 10.8. The number of rotatable bonds is 3. The van der Waals surface area contributed by atoms with Crippen LogP contribution in [0, 0.1) is 10.8 Å². The van der Waals surface area contributed by atoms with Crippen molar-refractivity contribution in [2.45, 2.75) is 50.0 Å². The van der Waals surface area contributed by atoms with Crippen LogP contribution >= 0.6 is 11.8 Å². The monoisotopic (exact) mass is 291 g/mol. The van der Waals surface area contributed by atoms with Gasteiger partial charge in [0.05, 0.1) is 6.10 Å². The van der Waals surface area contributed by atoms with Gasteiger partial charge in [0.2, 0.25) is 0 Å². The van der Waals surface area contributed by atoms with Gasteiger partial charge in [0, 0.05) is 22.6 Å². The molecule has 1 aliphatic heterocycles. The second kappa shape index (κ2) is 5.04. The highest BCUT2D eigenvalue weighted by Gasteiger charge is 2.52. The van der Waals surface area contributed by atoms with E-state index in [1.807, 2.05) is 11.8 Å². The fourth-order valence-electron chi connectivity index (χ4n) is 4.07. The van der Waals surface area contributed by atoms with E-state index in [0.29, 0.717) is 12.5 Å². The van der Waals surface area contributed by atoms with Crippen molar-refractivity contribution >= 4 is 11.8 Å². The Morgan fingerprint density at radius 2 is 2.05 bits per heavy atom. The lowest BCUT2D eigenvalue weighted by Crippen LogP contribution is -2.43. The first kappa shape index (κ1) is 14.4. The van der Waals surface area contributed by atoms with Crippen molar-refractivity contribution in [3.05, 3.63) is 29.8 Å². The third kappa shape index (κ3) is 2.20. The van der Waals surface area contributed by atoms with Gasteiger partial charge in [0.1, 0.15) is 0 Å². The number of nitrogens with two attached hydrogens (primary N) is 1. The first-order chi connectivity index (χ1) is 9.48. The summed E-state index contributed by atoms with van der Waals surface area (Å²) in [6.07, 6.45) is 2.88. The lowest BCUT2D eigenvalue weighted by atomic mass is 9.72. The Kier molecular flexibility index (Phi) is 3.64. The van der Waals surface area contributed by atoms with Gasteiger partial charge in [-0.2, -0.15) is 0 Å². The van der Waals surface area contributed by atoms with E-state index in [0.717, 1.165) is 25.0 Å². The molecule has 1 fully saturated rings. The largest absolute Gasteiger partial charge is 0.392 e. The highest BCUT2D eigenvalue weighted by Crippen LogP contribution is 2.55. The highest BCUT2D eigenvalue weighted by molar-refractivity contribution is 7.99. The Bertz CT molecular complexity index is 502. The number of aliphatic hydroxyl groups excluding tert-OH is 1. The molecule has 3 heteroatoms. The Balaban J connectivity index is 1.84. The fraction of sp³-hybridized carbons (Fsp3) is 0.647. The minimum absolute atomic E-state index is 0.00460. The van der Waals surface area contributed by atoms with Crippen LogP contribution in [0.15, 0.2) is 29.2 Å². The molecule has 0 saturated heterocycles. The molecule has 3 atom stereocenters. The summed E-state index contributed by atoms with van der Waals surface area (Å²) in [5, 5.41) is 10.8. The van der Waals surface area contributed by atoms with E-state index in [1.54, 1.807) is 0 Å². The number of aliphatic hydroxyl groups is 1. The van der Waals surface area contributed by atoms with Crippen molar-refractivity contribution < 1.29 is 5.11 Å². The molecule has 1 heterocycles. The van der Waals surface area contributed by atoms with Crippen LogP contribution in [-0.2, 0) is 0 Å². The lowest BCUT2D eigenvalue weighted by molar-refractivity contribution is -0.0116. The van der Waals surface area contributed by atoms with Crippen LogP contribution < -0.4 is 5.73 Å². The normalized spacial score (nSPS) is 35.2. The van der Waals surface area contributed by atoms with Gasteiger partial charge in [-0.3, -0.25) is 0 Å². The minimum Gasteiger partial charge on any atom is -0.392 e. The summed E-state index contributed by atoms with van der Waals surface area (Å²) in [6, 6.07) is 8.70. The zero-order chi connectivity index (χ0) is 14.4. The van der Waals surface area contributed by atoms with Gasteiger partial charge in [-0.25, -0.2) is 0 Å². The second-order valence-electron chi connectivity index (χ2n) is 7.21. The molecule has 0 amide bonds. The zero-order valence-corrected chi connectivity index (χ0v) is 13.2. The maximum Gasteiger partial charge on any atom is 0.0659 e. The van der Waals surface area contributed by atoms with Gasteiger partial charge in [0.25, 0.3) is 0 Å². The van der Waals surface area contributed by atoms with Gasteiger partial charge in [-0.15, -0.1) is 11.8 Å². The molecule has 110 valence electrons. The van der Waals surface area contributed by atoms with Crippen LogP contribution in [-0.4, -0.2) is 23.5 Å². The predicted octanol–water partition coefficient (Wildman–Crippen LogP) is 3.39. The van der Waals surface area contributed by atoms with E-state index in [4.69, 9.17) is 5.73 Å². The topological polar surface area (TPSA) is 46.2 Å². The van der Waals surface area contributed by atoms with E-state index >= 15 is 0 Å². The average molecular weight is 291 g/mol. The van der Waals surface area contributed by atoms with Gasteiger partial charge < -0.3 is 10.8 Å². The Labute approximate surface area is 126 Å². The first-order valence-electron chi connectivity index (χ1n) is 7.58. The molecule has 0 aromatic heterocycles. The van der Waals surface area contributed by atoms with Crippen LogP contribution in [0.4, 0.5) is 0 Å². The summed E-state index contributed by atoms with van der Waals surface area (Å²) >= 11 is 1.95. The molecule has 2 nitrogen and oxygen atoms in total. The van der Waals surface area contributed by atoms with Crippen molar-refractivity contribution in [1.82, 2.24) is 0 Å². The number of fused-ring (bicyclic) bond motifs is 1. The molecular formula is C17H25NOS. The SMILES string of the molecule is CC1(C)CCC(CN)(CC2CSc3ccccc32)C1O. The molecule has 1 aliphatic carbocycles. The number of hydrogen-bond donors (Lipinski definition) is 2. The zero-order valence-electron chi connectivity index (χ0n) is 12.4. The Morgan fingerprint density at radius 1 is 1.30 bits per heavy atom. The molecule has 20 heavy (non-hydrogen) atoms. The van der Waals surface area contributed by atoms with Gasteiger partial charge >= 0.3 is 0 Å². The molecule has 3 N–H and O–H groups in total. The van der Waals surface area contributed by atoms with Crippen LogP contribution in [0.25, 0.3) is 0 Å². The molecule has 1 aromatic carbocycles. The number of benzene rings is 1. The Morgan fingerprint density at radius 3 is 2.70 bits per heavy atom. The second-order valence-corrected chi connectivity index (χ2v) is 8.27. The van der Waals surface area contributed by atoms with Crippen LogP contribution in [0.3, 0.4) is 0 Å². The molecule has 0 radical (unpaired) electrons. The first-order valence-corrected chi connectivity index (χ1v) is 8.57. The van der Waals surface area contributed by atoms with Gasteiger partial charge in [0.15, 0.2) is 0 Å². The smallest absolute Gasteiger partial charge is 0.0659 e. The summed E-state index contributed by atoms with van der Waals surface area (Å²) < 4.78 is 0. The molecule has 3 rings (SSSR count). The third-order valence-corrected chi connectivity index (χ3v) is 6.70. The highest BCUT2D eigenvalue weighted by atomic mass is 32.2. The van der Waals surface area contributed by atoms with Crippen molar-refractivity contribution in [1.29, 1.82) is 0 Å². The standard InChI is InChI=1S/C17H25NOS/c1-16(2)7-8-17(11-18,15(16)19)9-12-10-20-14-6-4-3-5-13(12)14/h3-6,12,15,19H,7-11,18H2,1-2H3. The van der Waals surface area contributed by atoms with Crippen molar-refractivity contribution in [2.75, 3.05) is 12.3 Å². The van der Waals surface area contributed by atoms with E-state index in [9.17, 15) is 5.11 Å². The summed E-state index contributed by atoms with van der Waals surface area (Å²) in [5.41, 5.74) is 7.49. The quantitative estimate of drug-likeness (QED) is 0.897.